The van der Waals surface area contributed by atoms with Gasteiger partial charge in [0.05, 0.1) is 22.3 Å². The van der Waals surface area contributed by atoms with Crippen molar-refractivity contribution < 1.29 is 14.3 Å². The van der Waals surface area contributed by atoms with E-state index in [1.807, 2.05) is 30.3 Å². The predicted octanol–water partition coefficient (Wildman–Crippen LogP) is 5.19. The lowest BCUT2D eigenvalue weighted by Crippen LogP contribution is -2.23. The molecular weight excluding hydrogens is 403 g/mol. The molecule has 0 bridgehead atoms. The normalized spacial score (nSPS) is 21.2. The molecule has 122 valence electrons. The Kier molecular flexibility index (Phi) is 5.09. The summed E-state index contributed by atoms with van der Waals surface area (Å²) in [5.74, 6) is 1.46. The first-order chi connectivity index (χ1) is 11.1. The number of carbonyl (C=O) groups excluding carboxylic acids is 1. The van der Waals surface area contributed by atoms with Gasteiger partial charge in [-0.2, -0.15) is 0 Å². The minimum absolute atomic E-state index is 0.307. The van der Waals surface area contributed by atoms with Crippen molar-refractivity contribution in [3.63, 3.8) is 0 Å². The van der Waals surface area contributed by atoms with Crippen LogP contribution >= 0.6 is 22.6 Å². The molecular formula is C19H21IO3. The molecule has 1 saturated carbocycles. The summed E-state index contributed by atoms with van der Waals surface area (Å²) in [7, 11) is 1.40. The molecule has 3 nitrogen and oxygen atoms in total. The first kappa shape index (κ1) is 16.6. The summed E-state index contributed by atoms with van der Waals surface area (Å²) in [4.78, 5) is 11.6. The van der Waals surface area contributed by atoms with Gasteiger partial charge in [-0.15, -0.1) is 0 Å². The van der Waals surface area contributed by atoms with E-state index in [-0.39, 0.29) is 5.97 Å². The topological polar surface area (TPSA) is 35.5 Å². The van der Waals surface area contributed by atoms with E-state index in [1.165, 1.54) is 20.0 Å². The van der Waals surface area contributed by atoms with Crippen LogP contribution in [0.5, 0.6) is 5.75 Å². The van der Waals surface area contributed by atoms with Crippen LogP contribution < -0.4 is 4.74 Å². The Bertz CT molecular complexity index is 718. The first-order valence-corrected chi connectivity index (χ1v) is 9.13. The molecule has 0 spiro atoms. The van der Waals surface area contributed by atoms with Crippen LogP contribution in [0.15, 0.2) is 30.3 Å². The third kappa shape index (κ3) is 3.62. The monoisotopic (exact) mass is 424 g/mol. The van der Waals surface area contributed by atoms with E-state index in [2.05, 4.69) is 29.5 Å². The maximum atomic E-state index is 11.6. The Morgan fingerprint density at radius 1 is 1.13 bits per heavy atom. The second-order valence-corrected chi connectivity index (χ2v) is 7.38. The summed E-state index contributed by atoms with van der Waals surface area (Å²) in [5.41, 5.74) is 0.575. The Morgan fingerprint density at radius 3 is 2.57 bits per heavy atom. The van der Waals surface area contributed by atoms with Crippen molar-refractivity contribution in [3.05, 3.63) is 39.5 Å². The van der Waals surface area contributed by atoms with E-state index in [4.69, 9.17) is 9.47 Å². The van der Waals surface area contributed by atoms with E-state index >= 15 is 0 Å². The van der Waals surface area contributed by atoms with Gasteiger partial charge in [-0.3, -0.25) is 0 Å². The minimum atomic E-state index is -0.307. The lowest BCUT2D eigenvalue weighted by Gasteiger charge is -2.27. The lowest BCUT2D eigenvalue weighted by atomic mass is 9.89. The third-order valence-corrected chi connectivity index (χ3v) is 5.71. The number of ether oxygens (including phenoxy) is 2. The second-order valence-electron chi connectivity index (χ2n) is 6.30. The number of hydrogen-bond acceptors (Lipinski definition) is 3. The largest absolute Gasteiger partial charge is 0.489 e. The number of benzene rings is 2. The fraction of sp³-hybridized carbons (Fsp3) is 0.421. The van der Waals surface area contributed by atoms with Crippen molar-refractivity contribution >= 4 is 39.3 Å². The predicted molar refractivity (Wildman–Crippen MR) is 100 cm³/mol. The molecule has 1 aliphatic rings. The van der Waals surface area contributed by atoms with Crippen molar-refractivity contribution in [2.75, 3.05) is 7.11 Å². The molecule has 1 aliphatic carbocycles. The van der Waals surface area contributed by atoms with E-state index in [9.17, 15) is 4.79 Å². The average molecular weight is 424 g/mol. The molecule has 0 N–H and O–H groups in total. The quantitative estimate of drug-likeness (QED) is 0.503. The maximum Gasteiger partial charge on any atom is 0.337 e. The Balaban J connectivity index is 1.85. The Hall–Kier alpha value is -1.30. The molecule has 0 aliphatic heterocycles. The smallest absolute Gasteiger partial charge is 0.337 e. The number of esters is 1. The molecule has 2 aromatic carbocycles. The molecule has 0 radical (unpaired) electrons. The zero-order chi connectivity index (χ0) is 16.4. The van der Waals surface area contributed by atoms with E-state index in [0.29, 0.717) is 11.7 Å². The third-order valence-electron chi connectivity index (χ3n) is 4.60. The van der Waals surface area contributed by atoms with E-state index in [0.717, 1.165) is 38.9 Å². The van der Waals surface area contributed by atoms with Crippen LogP contribution in [0.25, 0.3) is 10.8 Å². The molecule has 23 heavy (non-hydrogen) atoms. The maximum absolute atomic E-state index is 11.6. The van der Waals surface area contributed by atoms with Gasteiger partial charge in [0.2, 0.25) is 0 Å². The highest BCUT2D eigenvalue weighted by atomic mass is 127. The molecule has 0 aromatic heterocycles. The highest BCUT2D eigenvalue weighted by Gasteiger charge is 2.20. The SMILES string of the molecule is COC(=O)c1ccc2c(I)c(O[C@H]3CC[C@@H](C)CC3)ccc2c1. The lowest BCUT2D eigenvalue weighted by molar-refractivity contribution is 0.0601. The van der Waals surface area contributed by atoms with Gasteiger partial charge in [-0.25, -0.2) is 4.79 Å². The fourth-order valence-corrected chi connectivity index (χ4v) is 3.93. The molecule has 1 fully saturated rings. The van der Waals surface area contributed by atoms with Crippen LogP contribution in [0.3, 0.4) is 0 Å². The van der Waals surface area contributed by atoms with Gasteiger partial charge in [-0.1, -0.05) is 19.1 Å². The van der Waals surface area contributed by atoms with Crippen LogP contribution in [-0.2, 0) is 4.74 Å². The highest BCUT2D eigenvalue weighted by Crippen LogP contribution is 2.33. The second kappa shape index (κ2) is 7.07. The summed E-state index contributed by atoms with van der Waals surface area (Å²) in [6, 6.07) is 9.69. The van der Waals surface area contributed by atoms with Crippen LogP contribution in [0.2, 0.25) is 0 Å². The Labute approximate surface area is 150 Å². The van der Waals surface area contributed by atoms with Crippen molar-refractivity contribution in [1.82, 2.24) is 0 Å². The summed E-state index contributed by atoms with van der Waals surface area (Å²) >= 11 is 2.34. The van der Waals surface area contributed by atoms with Crippen molar-refractivity contribution in [1.29, 1.82) is 0 Å². The molecule has 2 aromatic rings. The van der Waals surface area contributed by atoms with Gasteiger partial charge in [0.15, 0.2) is 0 Å². The van der Waals surface area contributed by atoms with Gasteiger partial charge in [0, 0.05) is 0 Å². The van der Waals surface area contributed by atoms with E-state index in [1.54, 1.807) is 0 Å². The van der Waals surface area contributed by atoms with Gasteiger partial charge in [0.1, 0.15) is 5.75 Å². The van der Waals surface area contributed by atoms with Crippen LogP contribution in [0, 0.1) is 9.49 Å². The zero-order valence-corrected chi connectivity index (χ0v) is 15.6. The average Bonchev–Trinajstić information content (AvgIpc) is 2.58. The zero-order valence-electron chi connectivity index (χ0n) is 13.5. The van der Waals surface area contributed by atoms with Gasteiger partial charge < -0.3 is 9.47 Å². The molecule has 3 rings (SSSR count). The summed E-state index contributed by atoms with van der Waals surface area (Å²) < 4.78 is 12.1. The fourth-order valence-electron chi connectivity index (χ4n) is 3.13. The minimum Gasteiger partial charge on any atom is -0.489 e. The highest BCUT2D eigenvalue weighted by molar-refractivity contribution is 14.1. The molecule has 0 atom stereocenters. The van der Waals surface area contributed by atoms with Crippen LogP contribution in [-0.4, -0.2) is 19.2 Å². The standard InChI is InChI=1S/C19H21IO3/c1-12-3-7-15(8-4-12)23-17-10-6-13-11-14(19(21)22-2)5-9-16(13)18(17)20/h5-6,9-12,15H,3-4,7-8H2,1-2H3/t12-,15+. The molecule has 0 saturated heterocycles. The van der Waals surface area contributed by atoms with Crippen molar-refractivity contribution in [2.24, 2.45) is 5.92 Å². The summed E-state index contributed by atoms with van der Waals surface area (Å²) in [5, 5.41) is 2.14. The first-order valence-electron chi connectivity index (χ1n) is 8.05. The number of methoxy groups -OCH3 is 1. The van der Waals surface area contributed by atoms with E-state index < -0.39 is 0 Å². The van der Waals surface area contributed by atoms with Crippen molar-refractivity contribution in [3.8, 4) is 5.75 Å². The van der Waals surface area contributed by atoms with Gasteiger partial charge >= 0.3 is 5.97 Å². The summed E-state index contributed by atoms with van der Waals surface area (Å²) in [6.45, 7) is 2.31. The van der Waals surface area contributed by atoms with Crippen LogP contribution in [0.4, 0.5) is 0 Å². The molecule has 0 amide bonds. The number of rotatable bonds is 3. The van der Waals surface area contributed by atoms with Gasteiger partial charge in [0.25, 0.3) is 0 Å². The molecule has 0 heterocycles. The van der Waals surface area contributed by atoms with Gasteiger partial charge in [-0.05, 0) is 83.2 Å². The number of fused-ring (bicyclic) bond motifs is 1. The van der Waals surface area contributed by atoms with Crippen molar-refractivity contribution in [2.45, 2.75) is 38.7 Å². The van der Waals surface area contributed by atoms with Crippen LogP contribution in [0.1, 0.15) is 43.0 Å². The summed E-state index contributed by atoms with van der Waals surface area (Å²) in [6.07, 6.45) is 5.09. The number of halogens is 1. The molecule has 4 heteroatoms. The molecule has 0 unspecified atom stereocenters. The Morgan fingerprint density at radius 2 is 1.87 bits per heavy atom. The number of carbonyl (C=O) groups is 1. The number of hydrogen-bond donors (Lipinski definition) is 0.